The highest BCUT2D eigenvalue weighted by Crippen LogP contribution is 2.25. The Balaban J connectivity index is 1.77. The van der Waals surface area contributed by atoms with Crippen molar-refractivity contribution in [2.24, 2.45) is 0 Å². The fourth-order valence-corrected chi connectivity index (χ4v) is 2.44. The van der Waals surface area contributed by atoms with Crippen molar-refractivity contribution in [3.63, 3.8) is 0 Å². The van der Waals surface area contributed by atoms with E-state index in [0.717, 1.165) is 11.4 Å². The third-order valence-corrected chi connectivity index (χ3v) is 3.77. The zero-order valence-corrected chi connectivity index (χ0v) is 14.3. The van der Waals surface area contributed by atoms with Gasteiger partial charge in [0.2, 0.25) is 0 Å². The molecule has 0 fully saturated rings. The minimum atomic E-state index is -0.248. The van der Waals surface area contributed by atoms with Gasteiger partial charge in [-0.3, -0.25) is 4.79 Å². The van der Waals surface area contributed by atoms with Gasteiger partial charge in [-0.2, -0.15) is 5.10 Å². The van der Waals surface area contributed by atoms with Crippen molar-refractivity contribution >= 4 is 11.6 Å². The Morgan fingerprint density at radius 2 is 1.80 bits per heavy atom. The SMILES string of the molecule is COc1ccc(C(=O)Nc2ccc(-n3ccc(C)n3)cc2)c(OC)c1. The van der Waals surface area contributed by atoms with Crippen LogP contribution in [-0.2, 0) is 0 Å². The smallest absolute Gasteiger partial charge is 0.259 e. The van der Waals surface area contributed by atoms with E-state index in [2.05, 4.69) is 10.4 Å². The average Bonchev–Trinajstić information content (AvgIpc) is 3.08. The molecule has 3 rings (SSSR count). The molecule has 6 nitrogen and oxygen atoms in total. The highest BCUT2D eigenvalue weighted by molar-refractivity contribution is 6.06. The summed E-state index contributed by atoms with van der Waals surface area (Å²) in [6, 6.07) is 14.5. The molecule has 0 bridgehead atoms. The summed E-state index contributed by atoms with van der Waals surface area (Å²) < 4.78 is 12.2. The minimum Gasteiger partial charge on any atom is -0.497 e. The van der Waals surface area contributed by atoms with Crippen LogP contribution in [0.4, 0.5) is 5.69 Å². The van der Waals surface area contributed by atoms with Gasteiger partial charge in [-0.25, -0.2) is 4.68 Å². The first-order valence-corrected chi connectivity index (χ1v) is 7.77. The molecule has 0 radical (unpaired) electrons. The van der Waals surface area contributed by atoms with Gasteiger partial charge in [0.1, 0.15) is 11.5 Å². The number of amides is 1. The van der Waals surface area contributed by atoms with Crippen LogP contribution in [0.1, 0.15) is 16.1 Å². The number of anilines is 1. The van der Waals surface area contributed by atoms with Gasteiger partial charge in [-0.05, 0) is 49.4 Å². The number of nitrogens with zero attached hydrogens (tertiary/aromatic N) is 2. The normalized spacial score (nSPS) is 10.4. The number of ether oxygens (including phenoxy) is 2. The van der Waals surface area contributed by atoms with Gasteiger partial charge < -0.3 is 14.8 Å². The van der Waals surface area contributed by atoms with E-state index >= 15 is 0 Å². The molecule has 6 heteroatoms. The Morgan fingerprint density at radius 3 is 2.40 bits per heavy atom. The van der Waals surface area contributed by atoms with Crippen LogP contribution in [0.5, 0.6) is 11.5 Å². The molecule has 3 aromatic rings. The zero-order chi connectivity index (χ0) is 17.8. The van der Waals surface area contributed by atoms with E-state index in [9.17, 15) is 4.79 Å². The maximum Gasteiger partial charge on any atom is 0.259 e. The third kappa shape index (κ3) is 3.63. The molecule has 1 N–H and O–H groups in total. The van der Waals surface area contributed by atoms with Crippen LogP contribution in [-0.4, -0.2) is 29.9 Å². The van der Waals surface area contributed by atoms with Crippen molar-refractivity contribution in [2.45, 2.75) is 6.92 Å². The molecule has 1 aromatic heterocycles. The van der Waals surface area contributed by atoms with Gasteiger partial charge in [0, 0.05) is 18.0 Å². The van der Waals surface area contributed by atoms with E-state index in [1.54, 1.807) is 30.0 Å². The van der Waals surface area contributed by atoms with E-state index in [1.807, 2.05) is 43.5 Å². The summed E-state index contributed by atoms with van der Waals surface area (Å²) in [5.74, 6) is 0.843. The average molecular weight is 337 g/mol. The Labute approximate surface area is 146 Å². The number of hydrogen-bond acceptors (Lipinski definition) is 4. The predicted molar refractivity (Wildman–Crippen MR) is 95.8 cm³/mol. The fraction of sp³-hybridized carbons (Fsp3) is 0.158. The van der Waals surface area contributed by atoms with E-state index in [-0.39, 0.29) is 5.91 Å². The number of aromatic nitrogens is 2. The summed E-state index contributed by atoms with van der Waals surface area (Å²) in [6.45, 7) is 1.94. The molecule has 0 spiro atoms. The number of nitrogens with one attached hydrogen (secondary N) is 1. The molecule has 0 unspecified atom stereocenters. The first-order valence-electron chi connectivity index (χ1n) is 7.77. The van der Waals surface area contributed by atoms with Crippen molar-refractivity contribution < 1.29 is 14.3 Å². The molecule has 128 valence electrons. The first-order chi connectivity index (χ1) is 12.1. The van der Waals surface area contributed by atoms with Crippen molar-refractivity contribution in [1.82, 2.24) is 9.78 Å². The lowest BCUT2D eigenvalue weighted by molar-refractivity contribution is 0.102. The molecule has 0 aliphatic rings. The molecule has 1 amide bonds. The predicted octanol–water partition coefficient (Wildman–Crippen LogP) is 3.45. The van der Waals surface area contributed by atoms with Crippen molar-refractivity contribution in [2.75, 3.05) is 19.5 Å². The molecule has 0 saturated carbocycles. The topological polar surface area (TPSA) is 65.4 Å². The van der Waals surface area contributed by atoms with Gasteiger partial charge in [0.25, 0.3) is 5.91 Å². The number of carbonyl (C=O) groups is 1. The fourth-order valence-electron chi connectivity index (χ4n) is 2.44. The first kappa shape index (κ1) is 16.6. The van der Waals surface area contributed by atoms with Crippen LogP contribution < -0.4 is 14.8 Å². The molecule has 2 aromatic carbocycles. The zero-order valence-electron chi connectivity index (χ0n) is 14.3. The van der Waals surface area contributed by atoms with Crippen LogP contribution >= 0.6 is 0 Å². The molecular formula is C19H19N3O3. The largest absolute Gasteiger partial charge is 0.497 e. The molecule has 0 aliphatic carbocycles. The molecule has 0 saturated heterocycles. The maximum atomic E-state index is 12.5. The molecule has 0 aliphatic heterocycles. The van der Waals surface area contributed by atoms with Crippen molar-refractivity contribution in [1.29, 1.82) is 0 Å². The number of aryl methyl sites for hydroxylation is 1. The number of benzene rings is 2. The summed E-state index contributed by atoms with van der Waals surface area (Å²) in [6.07, 6.45) is 1.89. The molecular weight excluding hydrogens is 318 g/mol. The number of hydrogen-bond donors (Lipinski definition) is 1. The molecule has 25 heavy (non-hydrogen) atoms. The molecule has 0 atom stereocenters. The standard InChI is InChI=1S/C19H19N3O3/c1-13-10-11-22(21-13)15-6-4-14(5-7-15)20-19(23)17-9-8-16(24-2)12-18(17)25-3/h4-12H,1-3H3,(H,20,23). The summed E-state index contributed by atoms with van der Waals surface area (Å²) >= 11 is 0. The number of methoxy groups -OCH3 is 2. The van der Waals surface area contributed by atoms with Crippen LogP contribution in [0.3, 0.4) is 0 Å². The van der Waals surface area contributed by atoms with Crippen LogP contribution in [0.2, 0.25) is 0 Å². The highest BCUT2D eigenvalue weighted by atomic mass is 16.5. The Bertz CT molecular complexity index is 885. The lowest BCUT2D eigenvalue weighted by Gasteiger charge is -2.11. The second kappa shape index (κ2) is 7.09. The van der Waals surface area contributed by atoms with Crippen LogP contribution in [0.15, 0.2) is 54.7 Å². The van der Waals surface area contributed by atoms with Gasteiger partial charge in [0.05, 0.1) is 31.2 Å². The Morgan fingerprint density at radius 1 is 1.04 bits per heavy atom. The van der Waals surface area contributed by atoms with Gasteiger partial charge >= 0.3 is 0 Å². The van der Waals surface area contributed by atoms with Crippen molar-refractivity contribution in [3.05, 3.63) is 66.0 Å². The van der Waals surface area contributed by atoms with Crippen LogP contribution in [0.25, 0.3) is 5.69 Å². The quantitative estimate of drug-likeness (QED) is 0.774. The van der Waals surface area contributed by atoms with E-state index in [1.165, 1.54) is 7.11 Å². The Hall–Kier alpha value is -3.28. The number of rotatable bonds is 5. The lowest BCUT2D eigenvalue weighted by atomic mass is 10.1. The second-order valence-corrected chi connectivity index (χ2v) is 5.47. The second-order valence-electron chi connectivity index (χ2n) is 5.47. The summed E-state index contributed by atoms with van der Waals surface area (Å²) in [5, 5.41) is 7.22. The maximum absolute atomic E-state index is 12.5. The van der Waals surface area contributed by atoms with E-state index in [4.69, 9.17) is 9.47 Å². The van der Waals surface area contributed by atoms with Gasteiger partial charge in [-0.15, -0.1) is 0 Å². The third-order valence-electron chi connectivity index (χ3n) is 3.77. The van der Waals surface area contributed by atoms with E-state index in [0.29, 0.717) is 22.7 Å². The van der Waals surface area contributed by atoms with Gasteiger partial charge in [-0.1, -0.05) is 0 Å². The number of carbonyl (C=O) groups excluding carboxylic acids is 1. The summed E-state index contributed by atoms with van der Waals surface area (Å²) in [5.41, 5.74) is 3.00. The summed E-state index contributed by atoms with van der Waals surface area (Å²) in [4.78, 5) is 12.5. The van der Waals surface area contributed by atoms with Gasteiger partial charge in [0.15, 0.2) is 0 Å². The monoisotopic (exact) mass is 337 g/mol. The molecule has 1 heterocycles. The minimum absolute atomic E-state index is 0.248. The van der Waals surface area contributed by atoms with Crippen LogP contribution in [0, 0.1) is 6.92 Å². The Kier molecular flexibility index (Phi) is 4.70. The summed E-state index contributed by atoms with van der Waals surface area (Å²) in [7, 11) is 3.09. The van der Waals surface area contributed by atoms with Crippen molar-refractivity contribution in [3.8, 4) is 17.2 Å². The highest BCUT2D eigenvalue weighted by Gasteiger charge is 2.13. The lowest BCUT2D eigenvalue weighted by Crippen LogP contribution is -2.13. The van der Waals surface area contributed by atoms with E-state index < -0.39 is 0 Å².